The van der Waals surface area contributed by atoms with E-state index in [-0.39, 0.29) is 38.8 Å². The molecule has 1 saturated carbocycles. The lowest BCUT2D eigenvalue weighted by atomic mass is 9.86. The minimum Gasteiger partial charge on any atom is -0.481 e. The standard InChI is InChI=1S/C23H27Cl2FN6O3S/c24-16-9-13(26)10-17(25)19(16)31-23(36)30-18-11-27-22(29-15-5-7-35-8-6-15)32-20(18)28-14-3-1-12(2-4-14)21(33)34/h9-12,14-15H,1-8H2,(H,33,34)(H2,30,31,36)(H2,27,28,29,32)/t12-,14-. The molecule has 194 valence electrons. The number of hydrogen-bond donors (Lipinski definition) is 5. The van der Waals surface area contributed by atoms with Crippen molar-refractivity contribution in [3.8, 4) is 0 Å². The number of nitrogens with zero attached hydrogens (tertiary/aromatic N) is 2. The fourth-order valence-corrected chi connectivity index (χ4v) is 5.05. The topological polar surface area (TPSA) is 120 Å². The fraction of sp³-hybridized carbons (Fsp3) is 0.478. The third-order valence-electron chi connectivity index (χ3n) is 6.25. The molecule has 1 aliphatic carbocycles. The van der Waals surface area contributed by atoms with Gasteiger partial charge >= 0.3 is 5.97 Å². The summed E-state index contributed by atoms with van der Waals surface area (Å²) in [6, 6.07) is 2.54. The van der Waals surface area contributed by atoms with Crippen LogP contribution in [0.4, 0.5) is 27.5 Å². The molecule has 0 amide bonds. The second-order valence-corrected chi connectivity index (χ2v) is 10.1. The highest BCUT2D eigenvalue weighted by Gasteiger charge is 2.27. The van der Waals surface area contributed by atoms with Crippen LogP contribution in [0.5, 0.6) is 0 Å². The zero-order valence-electron chi connectivity index (χ0n) is 19.3. The molecule has 1 aromatic carbocycles. The second-order valence-electron chi connectivity index (χ2n) is 8.84. The van der Waals surface area contributed by atoms with Crippen LogP contribution >= 0.6 is 35.4 Å². The highest BCUT2D eigenvalue weighted by Crippen LogP contribution is 2.32. The van der Waals surface area contributed by atoms with Gasteiger partial charge in [0.15, 0.2) is 10.9 Å². The van der Waals surface area contributed by atoms with E-state index >= 15 is 0 Å². The molecule has 1 aromatic heterocycles. The van der Waals surface area contributed by atoms with Gasteiger partial charge in [0.1, 0.15) is 11.5 Å². The summed E-state index contributed by atoms with van der Waals surface area (Å²) >= 11 is 17.7. The molecule has 0 unspecified atom stereocenters. The predicted molar refractivity (Wildman–Crippen MR) is 143 cm³/mol. The van der Waals surface area contributed by atoms with Crippen molar-refractivity contribution in [2.45, 2.75) is 50.6 Å². The molecule has 2 aromatic rings. The number of carbonyl (C=O) groups is 1. The molecule has 0 radical (unpaired) electrons. The summed E-state index contributed by atoms with van der Waals surface area (Å²) < 4.78 is 18.9. The maximum absolute atomic E-state index is 13.5. The summed E-state index contributed by atoms with van der Waals surface area (Å²) in [5.74, 6) is -0.634. The van der Waals surface area contributed by atoms with E-state index in [0.717, 1.165) is 25.0 Å². The van der Waals surface area contributed by atoms with Crippen molar-refractivity contribution < 1.29 is 19.0 Å². The van der Waals surface area contributed by atoms with E-state index in [1.54, 1.807) is 6.20 Å². The van der Waals surface area contributed by atoms with Crippen LogP contribution in [-0.2, 0) is 9.53 Å². The number of hydrogen-bond acceptors (Lipinski definition) is 7. The molecule has 36 heavy (non-hydrogen) atoms. The minimum absolute atomic E-state index is 0.0505. The van der Waals surface area contributed by atoms with E-state index in [9.17, 15) is 14.3 Å². The summed E-state index contributed by atoms with van der Waals surface area (Å²) in [7, 11) is 0. The summed E-state index contributed by atoms with van der Waals surface area (Å²) in [5.41, 5.74) is 0.789. The molecule has 13 heteroatoms. The van der Waals surface area contributed by atoms with E-state index in [0.29, 0.717) is 56.4 Å². The Morgan fingerprint density at radius 2 is 1.67 bits per heavy atom. The fourth-order valence-electron chi connectivity index (χ4n) is 4.28. The van der Waals surface area contributed by atoms with Crippen molar-refractivity contribution in [2.75, 3.05) is 34.5 Å². The third-order valence-corrected chi connectivity index (χ3v) is 7.05. The van der Waals surface area contributed by atoms with Gasteiger partial charge in [-0.2, -0.15) is 4.98 Å². The first-order valence-corrected chi connectivity index (χ1v) is 12.9. The Kier molecular flexibility index (Phi) is 9.00. The molecule has 1 aliphatic heterocycles. The first kappa shape index (κ1) is 26.6. The van der Waals surface area contributed by atoms with Crippen LogP contribution in [0, 0.1) is 11.7 Å². The van der Waals surface area contributed by atoms with E-state index in [1.807, 2.05) is 0 Å². The predicted octanol–water partition coefficient (Wildman–Crippen LogP) is 5.38. The van der Waals surface area contributed by atoms with E-state index in [4.69, 9.17) is 40.2 Å². The number of halogens is 3. The van der Waals surface area contributed by atoms with Gasteiger partial charge in [-0.25, -0.2) is 9.37 Å². The number of aliphatic carboxylic acids is 1. The number of nitrogens with one attached hydrogen (secondary N) is 4. The highest BCUT2D eigenvalue weighted by molar-refractivity contribution is 7.80. The zero-order valence-corrected chi connectivity index (χ0v) is 21.6. The molecule has 0 spiro atoms. The minimum atomic E-state index is -0.754. The Balaban J connectivity index is 1.50. The Labute approximate surface area is 223 Å². The van der Waals surface area contributed by atoms with Gasteiger partial charge in [-0.1, -0.05) is 23.2 Å². The Morgan fingerprint density at radius 3 is 2.31 bits per heavy atom. The van der Waals surface area contributed by atoms with E-state index < -0.39 is 11.8 Å². The van der Waals surface area contributed by atoms with Crippen LogP contribution in [0.25, 0.3) is 0 Å². The van der Waals surface area contributed by atoms with Gasteiger partial charge in [-0.3, -0.25) is 4.79 Å². The van der Waals surface area contributed by atoms with Crippen molar-refractivity contribution in [2.24, 2.45) is 5.92 Å². The van der Waals surface area contributed by atoms with Crippen LogP contribution in [0.15, 0.2) is 18.3 Å². The van der Waals surface area contributed by atoms with Crippen LogP contribution in [0.2, 0.25) is 10.0 Å². The van der Waals surface area contributed by atoms with Crippen molar-refractivity contribution in [1.82, 2.24) is 9.97 Å². The first-order valence-electron chi connectivity index (χ1n) is 11.7. The summed E-state index contributed by atoms with van der Waals surface area (Å²) in [5, 5.41) is 22.4. The van der Waals surface area contributed by atoms with E-state index in [2.05, 4.69) is 31.2 Å². The number of ether oxygens (including phenoxy) is 1. The number of anilines is 4. The second kappa shape index (κ2) is 12.2. The molecule has 9 nitrogen and oxygen atoms in total. The number of aromatic nitrogens is 2. The normalized spacial score (nSPS) is 20.4. The molecule has 0 bridgehead atoms. The average Bonchev–Trinajstić information content (AvgIpc) is 2.84. The van der Waals surface area contributed by atoms with Gasteiger partial charge in [0, 0.05) is 25.3 Å². The lowest BCUT2D eigenvalue weighted by Crippen LogP contribution is -2.31. The van der Waals surface area contributed by atoms with E-state index in [1.165, 1.54) is 0 Å². The average molecular weight is 557 g/mol. The van der Waals surface area contributed by atoms with Crippen LogP contribution in [0.3, 0.4) is 0 Å². The van der Waals surface area contributed by atoms with Crippen LogP contribution in [0.1, 0.15) is 38.5 Å². The monoisotopic (exact) mass is 556 g/mol. The first-order chi connectivity index (χ1) is 17.3. The Bertz CT molecular complexity index is 1090. The number of thiocarbonyl (C=S) groups is 1. The molecule has 5 N–H and O–H groups in total. The van der Waals surface area contributed by atoms with Crippen LogP contribution < -0.4 is 21.3 Å². The number of carboxylic acid groups (broad SMARTS) is 1. The molecule has 1 saturated heterocycles. The quantitative estimate of drug-likeness (QED) is 0.284. The molecular weight excluding hydrogens is 530 g/mol. The molecule has 4 rings (SSSR count). The molecular formula is C23H27Cl2FN6O3S. The maximum atomic E-state index is 13.5. The highest BCUT2D eigenvalue weighted by atomic mass is 35.5. The van der Waals surface area contributed by atoms with Crippen molar-refractivity contribution >= 4 is 69.6 Å². The number of carboxylic acids is 1. The number of rotatable bonds is 7. The lowest BCUT2D eigenvalue weighted by molar-refractivity contribution is -0.142. The Morgan fingerprint density at radius 1 is 1.03 bits per heavy atom. The van der Waals surface area contributed by atoms with Crippen molar-refractivity contribution in [3.05, 3.63) is 34.2 Å². The summed E-state index contributed by atoms with van der Waals surface area (Å²) in [6.45, 7) is 1.37. The van der Waals surface area contributed by atoms with Crippen molar-refractivity contribution in [1.29, 1.82) is 0 Å². The van der Waals surface area contributed by atoms with Gasteiger partial charge in [0.25, 0.3) is 0 Å². The Hall–Kier alpha value is -2.47. The van der Waals surface area contributed by atoms with Gasteiger partial charge in [-0.15, -0.1) is 0 Å². The maximum Gasteiger partial charge on any atom is 0.306 e. The SMILES string of the molecule is O=C(O)[C@H]1CC[C@H](Nc2nc(NC3CCOCC3)ncc2NC(=S)Nc2c(Cl)cc(F)cc2Cl)CC1. The van der Waals surface area contributed by atoms with Crippen molar-refractivity contribution in [3.63, 3.8) is 0 Å². The summed E-state index contributed by atoms with van der Waals surface area (Å²) in [4.78, 5) is 20.4. The number of benzene rings is 1. The van der Waals surface area contributed by atoms with Gasteiger partial charge in [-0.05, 0) is 62.9 Å². The molecule has 2 aliphatic rings. The molecule has 0 atom stereocenters. The third kappa shape index (κ3) is 7.06. The lowest BCUT2D eigenvalue weighted by Gasteiger charge is -2.28. The van der Waals surface area contributed by atoms with Gasteiger partial charge in [0.2, 0.25) is 5.95 Å². The zero-order chi connectivity index (χ0) is 25.7. The van der Waals surface area contributed by atoms with Gasteiger partial charge < -0.3 is 31.1 Å². The van der Waals surface area contributed by atoms with Gasteiger partial charge in [0.05, 0.1) is 27.8 Å². The molecule has 2 fully saturated rings. The smallest absolute Gasteiger partial charge is 0.306 e. The largest absolute Gasteiger partial charge is 0.481 e. The molecule has 2 heterocycles. The van der Waals surface area contributed by atoms with Crippen LogP contribution in [-0.4, -0.2) is 51.5 Å². The summed E-state index contributed by atoms with van der Waals surface area (Å²) in [6.07, 6.45) is 5.92.